The number of ether oxygens (including phenoxy) is 1. The van der Waals surface area contributed by atoms with Gasteiger partial charge in [0, 0.05) is 5.56 Å². The number of para-hydroxylation sites is 1. The largest absolute Gasteiger partial charge is 0.479 e. The third kappa shape index (κ3) is 2.74. The minimum Gasteiger partial charge on any atom is -0.479 e. The van der Waals surface area contributed by atoms with Gasteiger partial charge in [-0.05, 0) is 24.6 Å². The smallest absolute Gasteiger partial charge is 0.313 e. The molecule has 0 radical (unpaired) electrons. The summed E-state index contributed by atoms with van der Waals surface area (Å²) >= 11 is 6.80. The zero-order chi connectivity index (χ0) is 13.1. The quantitative estimate of drug-likeness (QED) is 0.637. The summed E-state index contributed by atoms with van der Waals surface area (Å²) in [6.07, 6.45) is 0. The fourth-order valence-corrected chi connectivity index (χ4v) is 2.19. The Labute approximate surface area is 111 Å². The molecule has 0 amide bonds. The summed E-state index contributed by atoms with van der Waals surface area (Å²) < 4.78 is 5.70. The molecule has 0 unspecified atom stereocenters. The molecular formula is C10H8ClN3O3S. The number of aryl methyl sites for hydroxylation is 1. The molecule has 0 bridgehead atoms. The molecular weight excluding hydrogens is 278 g/mol. The normalized spacial score (nSPS) is 10.3. The van der Waals surface area contributed by atoms with Crippen LogP contribution in [0.1, 0.15) is 10.6 Å². The van der Waals surface area contributed by atoms with E-state index in [0.717, 1.165) is 0 Å². The van der Waals surface area contributed by atoms with Crippen LogP contribution in [0.15, 0.2) is 18.2 Å². The maximum absolute atomic E-state index is 10.9. The van der Waals surface area contributed by atoms with Gasteiger partial charge in [0.15, 0.2) is 10.8 Å². The van der Waals surface area contributed by atoms with Crippen LogP contribution in [0.4, 0.5) is 5.69 Å². The second-order valence-corrected chi connectivity index (χ2v) is 5.06. The third-order valence-electron chi connectivity index (χ3n) is 2.18. The Kier molecular flexibility index (Phi) is 3.73. The molecule has 1 aromatic heterocycles. The molecule has 0 aliphatic carbocycles. The fraction of sp³-hybridized carbons (Fsp3) is 0.200. The molecule has 0 N–H and O–H groups in total. The lowest BCUT2D eigenvalue weighted by Gasteiger charge is -2.05. The van der Waals surface area contributed by atoms with Crippen LogP contribution >= 0.6 is 22.9 Å². The predicted octanol–water partition coefficient (Wildman–Crippen LogP) is 2.99. The van der Waals surface area contributed by atoms with Crippen LogP contribution in [0.5, 0.6) is 5.75 Å². The Hall–Kier alpha value is -1.73. The number of hydrogen-bond acceptors (Lipinski definition) is 6. The first kappa shape index (κ1) is 12.7. The Morgan fingerprint density at radius 2 is 2.28 bits per heavy atom. The van der Waals surface area contributed by atoms with Crippen LogP contribution in [0, 0.1) is 17.0 Å². The number of aromatic nitrogens is 2. The molecule has 6 nitrogen and oxygen atoms in total. The number of hydrogen-bond donors (Lipinski definition) is 0. The Morgan fingerprint density at radius 3 is 2.89 bits per heavy atom. The van der Waals surface area contributed by atoms with Crippen molar-refractivity contribution in [2.45, 2.75) is 13.5 Å². The first-order chi connectivity index (χ1) is 8.58. The Balaban J connectivity index is 2.19. The van der Waals surface area contributed by atoms with Crippen molar-refractivity contribution < 1.29 is 9.66 Å². The first-order valence-corrected chi connectivity index (χ1v) is 6.12. The van der Waals surface area contributed by atoms with E-state index in [1.54, 1.807) is 25.1 Å². The zero-order valence-electron chi connectivity index (χ0n) is 9.29. The van der Waals surface area contributed by atoms with Crippen molar-refractivity contribution in [3.63, 3.8) is 0 Å². The predicted molar refractivity (Wildman–Crippen MR) is 67.1 cm³/mol. The van der Waals surface area contributed by atoms with Crippen molar-refractivity contribution in [3.05, 3.63) is 43.4 Å². The maximum atomic E-state index is 10.9. The lowest BCUT2D eigenvalue weighted by molar-refractivity contribution is -0.386. The van der Waals surface area contributed by atoms with Crippen LogP contribution in [-0.2, 0) is 6.61 Å². The van der Waals surface area contributed by atoms with Gasteiger partial charge in [-0.15, -0.1) is 10.2 Å². The highest BCUT2D eigenvalue weighted by molar-refractivity contribution is 7.15. The molecule has 1 heterocycles. The molecule has 1 aromatic carbocycles. The topological polar surface area (TPSA) is 78.2 Å². The van der Waals surface area contributed by atoms with Gasteiger partial charge in [0.2, 0.25) is 4.47 Å². The van der Waals surface area contributed by atoms with Gasteiger partial charge >= 0.3 is 5.69 Å². The summed E-state index contributed by atoms with van der Waals surface area (Å²) in [5.41, 5.74) is 0.515. The lowest BCUT2D eigenvalue weighted by atomic mass is 10.2. The highest BCUT2D eigenvalue weighted by Gasteiger charge is 2.18. The van der Waals surface area contributed by atoms with Crippen molar-refractivity contribution in [1.82, 2.24) is 10.2 Å². The van der Waals surface area contributed by atoms with Crippen molar-refractivity contribution in [1.29, 1.82) is 0 Å². The van der Waals surface area contributed by atoms with E-state index < -0.39 is 4.92 Å². The van der Waals surface area contributed by atoms with E-state index in [0.29, 0.717) is 15.0 Å². The van der Waals surface area contributed by atoms with Crippen LogP contribution < -0.4 is 4.74 Å². The Bertz CT molecular complexity index is 587. The minimum absolute atomic E-state index is 0.0342. The van der Waals surface area contributed by atoms with Crippen molar-refractivity contribution in [2.24, 2.45) is 0 Å². The average Bonchev–Trinajstić information content (AvgIpc) is 2.72. The molecule has 0 aliphatic heterocycles. The number of rotatable bonds is 4. The van der Waals surface area contributed by atoms with Gasteiger partial charge in [0.05, 0.1) is 4.92 Å². The standard InChI is InChI=1S/C10H8ClN3O3S/c1-6-3-2-4-7(9(6)14(15)16)17-5-8-12-13-10(11)18-8/h2-4H,5H2,1H3. The highest BCUT2D eigenvalue weighted by atomic mass is 35.5. The van der Waals surface area contributed by atoms with Gasteiger partial charge in [-0.1, -0.05) is 23.5 Å². The summed E-state index contributed by atoms with van der Waals surface area (Å²) in [6.45, 7) is 1.77. The van der Waals surface area contributed by atoms with E-state index in [2.05, 4.69) is 10.2 Å². The average molecular weight is 286 g/mol. The molecule has 94 valence electrons. The van der Waals surface area contributed by atoms with E-state index in [1.165, 1.54) is 11.3 Å². The molecule has 0 atom stereocenters. The van der Waals surface area contributed by atoms with E-state index >= 15 is 0 Å². The van der Waals surface area contributed by atoms with Gasteiger partial charge in [-0.3, -0.25) is 10.1 Å². The molecule has 0 fully saturated rings. The molecule has 0 saturated heterocycles. The maximum Gasteiger partial charge on any atom is 0.313 e. The monoisotopic (exact) mass is 285 g/mol. The van der Waals surface area contributed by atoms with Gasteiger partial charge in [0.25, 0.3) is 0 Å². The molecule has 0 saturated carbocycles. The van der Waals surface area contributed by atoms with Gasteiger partial charge in [0.1, 0.15) is 6.61 Å². The molecule has 0 aliphatic rings. The van der Waals surface area contributed by atoms with E-state index in [1.807, 2.05) is 0 Å². The second-order valence-electron chi connectivity index (χ2n) is 3.42. The van der Waals surface area contributed by atoms with Crippen LogP contribution in [-0.4, -0.2) is 15.1 Å². The highest BCUT2D eigenvalue weighted by Crippen LogP contribution is 2.31. The number of nitrogens with zero attached hydrogens (tertiary/aromatic N) is 3. The van der Waals surface area contributed by atoms with E-state index in [9.17, 15) is 10.1 Å². The summed E-state index contributed by atoms with van der Waals surface area (Å²) in [5, 5.41) is 18.9. The Morgan fingerprint density at radius 1 is 1.50 bits per heavy atom. The zero-order valence-corrected chi connectivity index (χ0v) is 10.9. The minimum atomic E-state index is -0.461. The second kappa shape index (κ2) is 5.28. The number of halogens is 1. The lowest BCUT2D eigenvalue weighted by Crippen LogP contribution is -2.00. The van der Waals surface area contributed by atoms with E-state index in [4.69, 9.17) is 16.3 Å². The van der Waals surface area contributed by atoms with Gasteiger partial charge in [-0.25, -0.2) is 0 Å². The molecule has 0 spiro atoms. The number of benzene rings is 1. The van der Waals surface area contributed by atoms with Crippen LogP contribution in [0.2, 0.25) is 4.47 Å². The van der Waals surface area contributed by atoms with Gasteiger partial charge in [-0.2, -0.15) is 0 Å². The summed E-state index contributed by atoms with van der Waals surface area (Å²) in [5.74, 6) is 0.214. The number of nitro benzene ring substituents is 1. The van der Waals surface area contributed by atoms with E-state index in [-0.39, 0.29) is 18.0 Å². The third-order valence-corrected chi connectivity index (χ3v) is 3.17. The molecule has 18 heavy (non-hydrogen) atoms. The van der Waals surface area contributed by atoms with Crippen LogP contribution in [0.3, 0.4) is 0 Å². The van der Waals surface area contributed by atoms with Crippen molar-refractivity contribution in [3.8, 4) is 5.75 Å². The summed E-state index contributed by atoms with van der Waals surface area (Å²) in [7, 11) is 0. The van der Waals surface area contributed by atoms with Crippen molar-refractivity contribution in [2.75, 3.05) is 0 Å². The SMILES string of the molecule is Cc1cccc(OCc2nnc(Cl)s2)c1[N+](=O)[O-]. The fourth-order valence-electron chi connectivity index (χ4n) is 1.41. The summed E-state index contributed by atoms with van der Waals surface area (Å²) in [4.78, 5) is 10.5. The van der Waals surface area contributed by atoms with Crippen LogP contribution in [0.25, 0.3) is 0 Å². The summed E-state index contributed by atoms with van der Waals surface area (Å²) in [6, 6.07) is 4.91. The van der Waals surface area contributed by atoms with Crippen molar-refractivity contribution >= 4 is 28.6 Å². The number of nitro groups is 1. The first-order valence-electron chi connectivity index (χ1n) is 4.92. The molecule has 8 heteroatoms. The molecule has 2 rings (SSSR count). The van der Waals surface area contributed by atoms with Gasteiger partial charge < -0.3 is 4.74 Å². The molecule has 2 aromatic rings.